The molecule has 2 aromatic rings. The van der Waals surface area contributed by atoms with Gasteiger partial charge in [-0.25, -0.2) is 4.98 Å². The second-order valence-electron chi connectivity index (χ2n) is 2.69. The molecule has 0 radical (unpaired) electrons. The minimum absolute atomic E-state index is 0.790. The van der Waals surface area contributed by atoms with Gasteiger partial charge in [0.25, 0.3) is 0 Å². The van der Waals surface area contributed by atoms with Crippen LogP contribution in [-0.4, -0.2) is 9.97 Å². The van der Waals surface area contributed by atoms with Crippen molar-refractivity contribution in [1.82, 2.24) is 9.97 Å². The zero-order valence-electron chi connectivity index (χ0n) is 7.20. The Balaban J connectivity index is 2.25. The highest BCUT2D eigenvalue weighted by molar-refractivity contribution is 14.1. The monoisotopic (exact) mass is 317 g/mol. The van der Waals surface area contributed by atoms with Crippen LogP contribution in [0.3, 0.4) is 0 Å². The summed E-state index contributed by atoms with van der Waals surface area (Å²) in [4.78, 5) is 8.35. The topological polar surface area (TPSA) is 54.7 Å². The van der Waals surface area contributed by atoms with Gasteiger partial charge in [0.1, 0.15) is 0 Å². The van der Waals surface area contributed by atoms with E-state index in [1.807, 2.05) is 24.4 Å². The molecule has 0 unspecified atom stereocenters. The Morgan fingerprint density at radius 1 is 1.43 bits per heavy atom. The molecule has 0 aliphatic heterocycles. The van der Waals surface area contributed by atoms with E-state index >= 15 is 0 Å². The van der Waals surface area contributed by atoms with Gasteiger partial charge in [-0.05, 0) is 40.8 Å². The summed E-state index contributed by atoms with van der Waals surface area (Å²) in [6, 6.07) is 5.85. The van der Waals surface area contributed by atoms with Crippen molar-refractivity contribution in [2.24, 2.45) is 0 Å². The quantitative estimate of drug-likeness (QED) is 0.661. The van der Waals surface area contributed by atoms with Gasteiger partial charge in [-0.15, -0.1) is 0 Å². The van der Waals surface area contributed by atoms with Crippen LogP contribution in [0, 0.1) is 3.57 Å². The van der Waals surface area contributed by atoms with Crippen molar-refractivity contribution in [3.05, 3.63) is 34.2 Å². The van der Waals surface area contributed by atoms with Crippen molar-refractivity contribution in [3.63, 3.8) is 0 Å². The highest BCUT2D eigenvalue weighted by atomic mass is 127. The molecule has 14 heavy (non-hydrogen) atoms. The van der Waals surface area contributed by atoms with Crippen molar-refractivity contribution in [3.8, 4) is 0 Å². The van der Waals surface area contributed by atoms with Crippen LogP contribution >= 0.6 is 34.4 Å². The summed E-state index contributed by atoms with van der Waals surface area (Å²) in [6.07, 6.45) is 3.55. The number of hydrogen-bond donors (Lipinski definition) is 2. The van der Waals surface area contributed by atoms with Gasteiger partial charge in [0.15, 0.2) is 5.16 Å². The van der Waals surface area contributed by atoms with Crippen LogP contribution < -0.4 is 5.73 Å². The number of rotatable bonds is 2. The second kappa shape index (κ2) is 4.22. The molecule has 0 bridgehead atoms. The summed E-state index contributed by atoms with van der Waals surface area (Å²) < 4.78 is 1.14. The summed E-state index contributed by atoms with van der Waals surface area (Å²) in [5, 5.41) is 0.896. The van der Waals surface area contributed by atoms with Gasteiger partial charge in [-0.1, -0.05) is 11.8 Å². The molecule has 72 valence electrons. The van der Waals surface area contributed by atoms with Crippen LogP contribution in [0.25, 0.3) is 0 Å². The molecule has 0 saturated heterocycles. The first-order valence-electron chi connectivity index (χ1n) is 3.98. The molecule has 0 aliphatic rings. The number of H-pyrrole nitrogens is 1. The summed E-state index contributed by atoms with van der Waals surface area (Å²) in [5.74, 6) is 0. The van der Waals surface area contributed by atoms with E-state index in [-0.39, 0.29) is 0 Å². The van der Waals surface area contributed by atoms with Crippen LogP contribution in [-0.2, 0) is 0 Å². The number of nitrogen functional groups attached to an aromatic ring is 1. The van der Waals surface area contributed by atoms with Crippen LogP contribution in [0.1, 0.15) is 0 Å². The van der Waals surface area contributed by atoms with Crippen molar-refractivity contribution in [2.45, 2.75) is 10.1 Å². The third kappa shape index (κ3) is 2.21. The first-order chi connectivity index (χ1) is 6.75. The molecular weight excluding hydrogens is 309 g/mol. The third-order valence-electron chi connectivity index (χ3n) is 1.64. The maximum absolute atomic E-state index is 5.66. The van der Waals surface area contributed by atoms with E-state index in [0.717, 1.165) is 19.3 Å². The number of hydrogen-bond acceptors (Lipinski definition) is 3. The van der Waals surface area contributed by atoms with Gasteiger partial charge in [0.05, 0.1) is 0 Å². The van der Waals surface area contributed by atoms with E-state index < -0.39 is 0 Å². The number of anilines is 1. The van der Waals surface area contributed by atoms with Crippen LogP contribution in [0.5, 0.6) is 0 Å². The summed E-state index contributed by atoms with van der Waals surface area (Å²) in [6.45, 7) is 0. The molecule has 0 fully saturated rings. The molecule has 0 aliphatic carbocycles. The number of nitrogens with zero attached hydrogens (tertiary/aromatic N) is 1. The van der Waals surface area contributed by atoms with Gasteiger partial charge < -0.3 is 10.7 Å². The Hall–Kier alpha value is -0.690. The van der Waals surface area contributed by atoms with Crippen LogP contribution in [0.15, 0.2) is 40.6 Å². The zero-order chi connectivity index (χ0) is 9.97. The molecule has 3 N–H and O–H groups in total. The lowest BCUT2D eigenvalue weighted by Gasteiger charge is -2.02. The number of halogens is 1. The molecular formula is C9H8IN3S. The fourth-order valence-corrected chi connectivity index (χ4v) is 2.62. The minimum atomic E-state index is 0.790. The summed E-state index contributed by atoms with van der Waals surface area (Å²) in [5.41, 5.74) is 6.45. The number of nitrogens with two attached hydrogens (primary N) is 1. The standard InChI is InChI=1S/C9H8IN3S/c10-7-5-6(11)1-2-8(7)14-9-12-3-4-13-9/h1-5H,11H2,(H,12,13). The second-order valence-corrected chi connectivity index (χ2v) is 4.88. The van der Waals surface area contributed by atoms with Gasteiger partial charge in [0, 0.05) is 26.5 Å². The molecule has 1 aromatic heterocycles. The predicted molar refractivity (Wildman–Crippen MR) is 66.3 cm³/mol. The van der Waals surface area contributed by atoms with Crippen molar-refractivity contribution < 1.29 is 0 Å². The van der Waals surface area contributed by atoms with E-state index in [2.05, 4.69) is 32.6 Å². The lowest BCUT2D eigenvalue weighted by atomic mass is 10.3. The SMILES string of the molecule is Nc1ccc(Sc2ncc[nH]2)c(I)c1. The van der Waals surface area contributed by atoms with Crippen molar-refractivity contribution >= 4 is 40.0 Å². The van der Waals surface area contributed by atoms with Crippen molar-refractivity contribution in [1.29, 1.82) is 0 Å². The Labute approximate surface area is 99.6 Å². The zero-order valence-corrected chi connectivity index (χ0v) is 10.2. The van der Waals surface area contributed by atoms with Gasteiger partial charge in [-0.3, -0.25) is 0 Å². The fourth-order valence-electron chi connectivity index (χ4n) is 1.01. The third-order valence-corrected chi connectivity index (χ3v) is 3.89. The number of aromatic nitrogens is 2. The molecule has 0 saturated carbocycles. The number of nitrogens with one attached hydrogen (secondary N) is 1. The number of aromatic amines is 1. The average molecular weight is 317 g/mol. The predicted octanol–water partition coefficient (Wildman–Crippen LogP) is 2.75. The van der Waals surface area contributed by atoms with Gasteiger partial charge in [-0.2, -0.15) is 0 Å². The highest BCUT2D eigenvalue weighted by Gasteiger charge is 2.03. The molecule has 2 rings (SSSR count). The Morgan fingerprint density at radius 2 is 2.29 bits per heavy atom. The minimum Gasteiger partial charge on any atom is -0.399 e. The molecule has 0 amide bonds. The van der Waals surface area contributed by atoms with E-state index in [9.17, 15) is 0 Å². The van der Waals surface area contributed by atoms with Crippen molar-refractivity contribution in [2.75, 3.05) is 5.73 Å². The maximum atomic E-state index is 5.66. The Bertz CT molecular complexity index is 428. The lowest BCUT2D eigenvalue weighted by molar-refractivity contribution is 1.06. The first kappa shape index (κ1) is 9.85. The number of imidazole rings is 1. The average Bonchev–Trinajstić information content (AvgIpc) is 2.62. The molecule has 1 aromatic carbocycles. The lowest BCUT2D eigenvalue weighted by Crippen LogP contribution is -1.87. The van der Waals surface area contributed by atoms with E-state index in [1.54, 1.807) is 18.0 Å². The van der Waals surface area contributed by atoms with E-state index in [0.29, 0.717) is 0 Å². The van der Waals surface area contributed by atoms with Gasteiger partial charge >= 0.3 is 0 Å². The molecule has 1 heterocycles. The Morgan fingerprint density at radius 3 is 2.93 bits per heavy atom. The molecule has 0 spiro atoms. The summed E-state index contributed by atoms with van der Waals surface area (Å²) >= 11 is 3.87. The molecule has 3 nitrogen and oxygen atoms in total. The van der Waals surface area contributed by atoms with Crippen LogP contribution in [0.2, 0.25) is 0 Å². The first-order valence-corrected chi connectivity index (χ1v) is 5.87. The van der Waals surface area contributed by atoms with Gasteiger partial charge in [0.2, 0.25) is 0 Å². The molecule has 5 heteroatoms. The maximum Gasteiger partial charge on any atom is 0.170 e. The van der Waals surface area contributed by atoms with E-state index in [1.165, 1.54) is 0 Å². The van der Waals surface area contributed by atoms with Crippen LogP contribution in [0.4, 0.5) is 5.69 Å². The Kier molecular flexibility index (Phi) is 2.97. The largest absolute Gasteiger partial charge is 0.399 e. The fraction of sp³-hybridized carbons (Fsp3) is 0. The molecule has 0 atom stereocenters. The highest BCUT2D eigenvalue weighted by Crippen LogP contribution is 2.29. The summed E-state index contributed by atoms with van der Waals surface area (Å²) in [7, 11) is 0. The number of benzene rings is 1. The normalized spacial score (nSPS) is 10.4. The smallest absolute Gasteiger partial charge is 0.170 e. The van der Waals surface area contributed by atoms with E-state index in [4.69, 9.17) is 5.73 Å².